The van der Waals surface area contributed by atoms with Crippen LogP contribution < -0.4 is 4.74 Å². The summed E-state index contributed by atoms with van der Waals surface area (Å²) in [5.41, 5.74) is 2.43. The first kappa shape index (κ1) is 17.5. The van der Waals surface area contributed by atoms with Crippen molar-refractivity contribution in [3.63, 3.8) is 0 Å². The number of methoxy groups -OCH3 is 1. The molecule has 1 aromatic heterocycles. The van der Waals surface area contributed by atoms with Gasteiger partial charge in [0.05, 0.1) is 24.4 Å². The molecule has 0 aliphatic carbocycles. The van der Waals surface area contributed by atoms with Gasteiger partial charge in [-0.2, -0.15) is 0 Å². The number of aromatic nitrogens is 1. The van der Waals surface area contributed by atoms with Crippen LogP contribution in [0.25, 0.3) is 0 Å². The molecule has 2 aliphatic rings. The van der Waals surface area contributed by atoms with E-state index in [0.717, 1.165) is 49.1 Å². The summed E-state index contributed by atoms with van der Waals surface area (Å²) in [5, 5.41) is 3.13. The highest BCUT2D eigenvalue weighted by atomic mass is 32.1. The van der Waals surface area contributed by atoms with Gasteiger partial charge in [-0.05, 0) is 37.6 Å². The van der Waals surface area contributed by atoms with E-state index in [9.17, 15) is 4.79 Å². The maximum Gasteiger partial charge on any atom is 0.223 e. The third-order valence-electron chi connectivity index (χ3n) is 5.51. The van der Waals surface area contributed by atoms with Crippen molar-refractivity contribution in [1.29, 1.82) is 0 Å². The van der Waals surface area contributed by atoms with Gasteiger partial charge in [0.15, 0.2) is 0 Å². The molecule has 1 spiro atoms. The molecule has 1 atom stereocenters. The second-order valence-electron chi connectivity index (χ2n) is 7.59. The SMILES string of the molecule is COc1ccc(CN2CCC3(CC(=O)N(Cc4csc(C)n4)C3)C2)cc1. The average molecular weight is 372 g/mol. The number of hydrogen-bond donors (Lipinski definition) is 0. The van der Waals surface area contributed by atoms with E-state index in [4.69, 9.17) is 4.74 Å². The number of carbonyl (C=O) groups excluding carboxylic acids is 1. The number of aryl methyl sites for hydroxylation is 1. The molecule has 0 bridgehead atoms. The van der Waals surface area contributed by atoms with Crippen molar-refractivity contribution in [3.05, 3.63) is 45.9 Å². The summed E-state index contributed by atoms with van der Waals surface area (Å²) >= 11 is 1.65. The molecular formula is C20H25N3O2S. The molecule has 0 N–H and O–H groups in total. The first-order valence-electron chi connectivity index (χ1n) is 9.09. The Labute approximate surface area is 158 Å². The molecule has 1 amide bonds. The van der Waals surface area contributed by atoms with Gasteiger partial charge >= 0.3 is 0 Å². The van der Waals surface area contributed by atoms with Crippen molar-refractivity contribution in [1.82, 2.24) is 14.8 Å². The van der Waals surface area contributed by atoms with Crippen LogP contribution in [0, 0.1) is 12.3 Å². The van der Waals surface area contributed by atoms with Gasteiger partial charge in [0.25, 0.3) is 0 Å². The fraction of sp³-hybridized carbons (Fsp3) is 0.500. The molecule has 138 valence electrons. The van der Waals surface area contributed by atoms with Gasteiger partial charge < -0.3 is 9.64 Å². The number of ether oxygens (including phenoxy) is 1. The number of amides is 1. The fourth-order valence-corrected chi connectivity index (χ4v) is 4.83. The molecule has 26 heavy (non-hydrogen) atoms. The quantitative estimate of drug-likeness (QED) is 0.810. The highest BCUT2D eigenvalue weighted by molar-refractivity contribution is 7.09. The smallest absolute Gasteiger partial charge is 0.223 e. The topological polar surface area (TPSA) is 45.7 Å². The van der Waals surface area contributed by atoms with Crippen LogP contribution in [0.2, 0.25) is 0 Å². The highest BCUT2D eigenvalue weighted by Crippen LogP contribution is 2.41. The molecule has 1 aromatic carbocycles. The van der Waals surface area contributed by atoms with Gasteiger partial charge in [0, 0.05) is 36.9 Å². The lowest BCUT2D eigenvalue weighted by Crippen LogP contribution is -2.31. The fourth-order valence-electron chi connectivity index (χ4n) is 4.23. The van der Waals surface area contributed by atoms with E-state index in [1.807, 2.05) is 24.0 Å². The summed E-state index contributed by atoms with van der Waals surface area (Å²) in [6, 6.07) is 8.27. The second-order valence-corrected chi connectivity index (χ2v) is 8.66. The Morgan fingerprint density at radius 3 is 2.73 bits per heavy atom. The van der Waals surface area contributed by atoms with Gasteiger partial charge in [-0.15, -0.1) is 11.3 Å². The van der Waals surface area contributed by atoms with E-state index < -0.39 is 0 Å². The predicted octanol–water partition coefficient (Wildman–Crippen LogP) is 3.08. The summed E-state index contributed by atoms with van der Waals surface area (Å²) in [6.07, 6.45) is 1.77. The van der Waals surface area contributed by atoms with E-state index in [1.165, 1.54) is 5.56 Å². The van der Waals surface area contributed by atoms with Gasteiger partial charge in [-0.25, -0.2) is 4.98 Å². The molecule has 6 heteroatoms. The first-order chi connectivity index (χ1) is 12.5. The second kappa shape index (κ2) is 7.00. The Morgan fingerprint density at radius 2 is 2.04 bits per heavy atom. The Balaban J connectivity index is 1.37. The Morgan fingerprint density at radius 1 is 1.23 bits per heavy atom. The van der Waals surface area contributed by atoms with Crippen LogP contribution in [0.4, 0.5) is 0 Å². The molecule has 3 heterocycles. The van der Waals surface area contributed by atoms with E-state index in [-0.39, 0.29) is 11.3 Å². The van der Waals surface area contributed by atoms with Crippen LogP contribution in [0.15, 0.2) is 29.6 Å². The highest BCUT2D eigenvalue weighted by Gasteiger charge is 2.47. The van der Waals surface area contributed by atoms with Gasteiger partial charge in [-0.1, -0.05) is 12.1 Å². The summed E-state index contributed by atoms with van der Waals surface area (Å²) in [6.45, 7) is 6.52. The standard InChI is InChI=1S/C20H25N3O2S/c1-15-21-17(12-26-15)11-23-14-20(9-19(23)24)7-8-22(13-20)10-16-3-5-18(25-2)6-4-16/h3-6,12H,7-11,13-14H2,1-2H3. The molecule has 0 radical (unpaired) electrons. The number of thiazole rings is 1. The van der Waals surface area contributed by atoms with Crippen molar-refractivity contribution < 1.29 is 9.53 Å². The summed E-state index contributed by atoms with van der Waals surface area (Å²) in [7, 11) is 1.69. The monoisotopic (exact) mass is 371 g/mol. The third-order valence-corrected chi connectivity index (χ3v) is 6.33. The summed E-state index contributed by atoms with van der Waals surface area (Å²) < 4.78 is 5.23. The van der Waals surface area contributed by atoms with Crippen LogP contribution in [0.5, 0.6) is 5.75 Å². The van der Waals surface area contributed by atoms with Crippen molar-refractivity contribution in [2.24, 2.45) is 5.41 Å². The predicted molar refractivity (Wildman–Crippen MR) is 102 cm³/mol. The van der Waals surface area contributed by atoms with Gasteiger partial charge in [0.1, 0.15) is 5.75 Å². The van der Waals surface area contributed by atoms with Crippen molar-refractivity contribution in [3.8, 4) is 5.75 Å². The average Bonchev–Trinajstić information content (AvgIpc) is 3.29. The largest absolute Gasteiger partial charge is 0.497 e. The lowest BCUT2D eigenvalue weighted by atomic mass is 9.86. The number of rotatable bonds is 5. The molecule has 5 nitrogen and oxygen atoms in total. The van der Waals surface area contributed by atoms with E-state index in [2.05, 4.69) is 27.4 Å². The molecule has 4 rings (SSSR count). The van der Waals surface area contributed by atoms with Crippen LogP contribution >= 0.6 is 11.3 Å². The van der Waals surface area contributed by atoms with Gasteiger partial charge in [0.2, 0.25) is 5.91 Å². The lowest BCUT2D eigenvalue weighted by Gasteiger charge is -2.24. The molecule has 2 fully saturated rings. The maximum absolute atomic E-state index is 12.6. The normalized spacial score (nSPS) is 23.3. The number of hydrogen-bond acceptors (Lipinski definition) is 5. The van der Waals surface area contributed by atoms with Crippen molar-refractivity contribution >= 4 is 17.2 Å². The number of likely N-dealkylation sites (tertiary alicyclic amines) is 2. The zero-order chi connectivity index (χ0) is 18.1. The zero-order valence-electron chi connectivity index (χ0n) is 15.4. The van der Waals surface area contributed by atoms with Crippen LogP contribution in [0.3, 0.4) is 0 Å². The zero-order valence-corrected chi connectivity index (χ0v) is 16.2. The minimum atomic E-state index is 0.120. The maximum atomic E-state index is 12.6. The lowest BCUT2D eigenvalue weighted by molar-refractivity contribution is -0.128. The van der Waals surface area contributed by atoms with Crippen LogP contribution in [-0.2, 0) is 17.9 Å². The Hall–Kier alpha value is -1.92. The van der Waals surface area contributed by atoms with Crippen molar-refractivity contribution in [2.45, 2.75) is 32.9 Å². The van der Waals surface area contributed by atoms with Crippen LogP contribution in [0.1, 0.15) is 29.1 Å². The number of nitrogens with zero attached hydrogens (tertiary/aromatic N) is 3. The molecule has 2 saturated heterocycles. The minimum absolute atomic E-state index is 0.120. The number of carbonyl (C=O) groups is 1. The molecule has 0 saturated carbocycles. The summed E-state index contributed by atoms with van der Waals surface area (Å²) in [5.74, 6) is 1.17. The molecule has 1 unspecified atom stereocenters. The number of benzene rings is 1. The minimum Gasteiger partial charge on any atom is -0.497 e. The van der Waals surface area contributed by atoms with E-state index in [0.29, 0.717) is 13.0 Å². The van der Waals surface area contributed by atoms with Gasteiger partial charge in [-0.3, -0.25) is 9.69 Å². The summed E-state index contributed by atoms with van der Waals surface area (Å²) in [4.78, 5) is 21.5. The third kappa shape index (κ3) is 3.62. The van der Waals surface area contributed by atoms with E-state index in [1.54, 1.807) is 18.4 Å². The first-order valence-corrected chi connectivity index (χ1v) is 9.97. The van der Waals surface area contributed by atoms with Crippen LogP contribution in [-0.4, -0.2) is 47.4 Å². The van der Waals surface area contributed by atoms with E-state index >= 15 is 0 Å². The Kier molecular flexibility index (Phi) is 4.71. The molecular weight excluding hydrogens is 346 g/mol. The molecule has 2 aliphatic heterocycles. The Bertz CT molecular complexity index is 789. The molecule has 2 aromatic rings. The van der Waals surface area contributed by atoms with Crippen molar-refractivity contribution in [2.75, 3.05) is 26.7 Å².